The molecular weight excluding hydrogens is 226 g/mol. The van der Waals surface area contributed by atoms with E-state index in [2.05, 4.69) is 0 Å². The quantitative estimate of drug-likeness (QED) is 0.861. The average Bonchev–Trinajstić information content (AvgIpc) is 2.23. The minimum absolute atomic E-state index is 0.142. The molecule has 1 rings (SSSR count). The molecule has 0 spiro atoms. The lowest BCUT2D eigenvalue weighted by atomic mass is 9.98. The SMILES string of the molecule is CN(C)C(=O)C(CN)Cc1cc(F)cc(F)c1. The van der Waals surface area contributed by atoms with Crippen molar-refractivity contribution in [3.63, 3.8) is 0 Å². The molecule has 0 heterocycles. The molecule has 0 bridgehead atoms. The van der Waals surface area contributed by atoms with Crippen LogP contribution in [0.1, 0.15) is 5.56 Å². The third-order valence-corrected chi connectivity index (χ3v) is 2.48. The van der Waals surface area contributed by atoms with Crippen LogP contribution in [0.5, 0.6) is 0 Å². The molecule has 0 aliphatic rings. The van der Waals surface area contributed by atoms with Crippen molar-refractivity contribution in [2.75, 3.05) is 20.6 Å². The van der Waals surface area contributed by atoms with Gasteiger partial charge >= 0.3 is 0 Å². The highest BCUT2D eigenvalue weighted by atomic mass is 19.1. The highest BCUT2D eigenvalue weighted by molar-refractivity contribution is 5.78. The van der Waals surface area contributed by atoms with Crippen molar-refractivity contribution in [2.45, 2.75) is 6.42 Å². The molecule has 1 unspecified atom stereocenters. The van der Waals surface area contributed by atoms with Gasteiger partial charge in [0.15, 0.2) is 0 Å². The second-order valence-corrected chi connectivity index (χ2v) is 4.15. The Labute approximate surface area is 99.2 Å². The van der Waals surface area contributed by atoms with Crippen LogP contribution in [0.2, 0.25) is 0 Å². The van der Waals surface area contributed by atoms with Crippen LogP contribution < -0.4 is 5.73 Å². The van der Waals surface area contributed by atoms with Gasteiger partial charge in [-0.05, 0) is 24.1 Å². The summed E-state index contributed by atoms with van der Waals surface area (Å²) in [6, 6.07) is 3.23. The van der Waals surface area contributed by atoms with E-state index in [0.717, 1.165) is 6.07 Å². The first-order chi connectivity index (χ1) is 7.93. The van der Waals surface area contributed by atoms with E-state index in [4.69, 9.17) is 5.73 Å². The number of benzene rings is 1. The molecule has 5 heteroatoms. The minimum Gasteiger partial charge on any atom is -0.349 e. The van der Waals surface area contributed by atoms with E-state index in [9.17, 15) is 13.6 Å². The molecule has 94 valence electrons. The van der Waals surface area contributed by atoms with Gasteiger partial charge < -0.3 is 10.6 Å². The third-order valence-electron chi connectivity index (χ3n) is 2.48. The lowest BCUT2D eigenvalue weighted by Crippen LogP contribution is -2.35. The molecule has 0 aromatic heterocycles. The largest absolute Gasteiger partial charge is 0.349 e. The Bertz CT molecular complexity index is 387. The Balaban J connectivity index is 2.84. The maximum atomic E-state index is 13.0. The van der Waals surface area contributed by atoms with Crippen molar-refractivity contribution in [1.29, 1.82) is 0 Å². The van der Waals surface area contributed by atoms with Crippen LogP contribution in [0.25, 0.3) is 0 Å². The van der Waals surface area contributed by atoms with Crippen molar-refractivity contribution in [2.24, 2.45) is 11.7 Å². The van der Waals surface area contributed by atoms with Crippen LogP contribution in [0, 0.1) is 17.6 Å². The molecule has 0 fully saturated rings. The van der Waals surface area contributed by atoms with Crippen molar-refractivity contribution in [3.8, 4) is 0 Å². The molecule has 1 aromatic carbocycles. The van der Waals surface area contributed by atoms with Crippen molar-refractivity contribution < 1.29 is 13.6 Å². The average molecular weight is 242 g/mol. The monoisotopic (exact) mass is 242 g/mol. The number of hydrogen-bond donors (Lipinski definition) is 1. The van der Waals surface area contributed by atoms with Crippen LogP contribution in [0.3, 0.4) is 0 Å². The first-order valence-electron chi connectivity index (χ1n) is 5.30. The van der Waals surface area contributed by atoms with Gasteiger partial charge in [-0.15, -0.1) is 0 Å². The van der Waals surface area contributed by atoms with Gasteiger partial charge in [0.05, 0.1) is 5.92 Å². The van der Waals surface area contributed by atoms with Crippen LogP contribution in [-0.4, -0.2) is 31.4 Å². The molecule has 0 aliphatic heterocycles. The fourth-order valence-electron chi connectivity index (χ4n) is 1.65. The number of carbonyl (C=O) groups is 1. The Kier molecular flexibility index (Phi) is 4.57. The number of carbonyl (C=O) groups excluding carboxylic acids is 1. The third kappa shape index (κ3) is 3.78. The predicted octanol–water partition coefficient (Wildman–Crippen LogP) is 1.17. The van der Waals surface area contributed by atoms with Gasteiger partial charge in [0.2, 0.25) is 5.91 Å². The highest BCUT2D eigenvalue weighted by Crippen LogP contribution is 2.13. The minimum atomic E-state index is -0.645. The smallest absolute Gasteiger partial charge is 0.226 e. The maximum Gasteiger partial charge on any atom is 0.226 e. The first-order valence-corrected chi connectivity index (χ1v) is 5.30. The summed E-state index contributed by atoms with van der Waals surface area (Å²) < 4.78 is 26.0. The van der Waals surface area contributed by atoms with Crippen LogP contribution in [0.15, 0.2) is 18.2 Å². The zero-order valence-electron chi connectivity index (χ0n) is 9.91. The zero-order chi connectivity index (χ0) is 13.0. The van der Waals surface area contributed by atoms with Gasteiger partial charge in [-0.1, -0.05) is 0 Å². The second kappa shape index (κ2) is 5.72. The predicted molar refractivity (Wildman–Crippen MR) is 61.3 cm³/mol. The molecule has 0 saturated carbocycles. The fraction of sp³-hybridized carbons (Fsp3) is 0.417. The summed E-state index contributed by atoms with van der Waals surface area (Å²) >= 11 is 0. The normalized spacial score (nSPS) is 12.3. The number of amides is 1. The first kappa shape index (κ1) is 13.6. The second-order valence-electron chi connectivity index (χ2n) is 4.15. The molecule has 17 heavy (non-hydrogen) atoms. The van der Waals surface area contributed by atoms with E-state index in [0.29, 0.717) is 5.56 Å². The van der Waals surface area contributed by atoms with E-state index >= 15 is 0 Å². The highest BCUT2D eigenvalue weighted by Gasteiger charge is 2.19. The molecule has 1 atom stereocenters. The topological polar surface area (TPSA) is 46.3 Å². The van der Waals surface area contributed by atoms with Crippen LogP contribution in [-0.2, 0) is 11.2 Å². The lowest BCUT2D eigenvalue weighted by Gasteiger charge is -2.19. The van der Waals surface area contributed by atoms with E-state index in [1.165, 1.54) is 17.0 Å². The van der Waals surface area contributed by atoms with Crippen molar-refractivity contribution in [3.05, 3.63) is 35.4 Å². The number of nitrogens with two attached hydrogens (primary N) is 1. The molecule has 2 N–H and O–H groups in total. The Morgan fingerprint density at radius 3 is 2.24 bits per heavy atom. The maximum absolute atomic E-state index is 13.0. The van der Waals surface area contributed by atoms with Crippen molar-refractivity contribution in [1.82, 2.24) is 4.90 Å². The number of nitrogens with zero attached hydrogens (tertiary/aromatic N) is 1. The van der Waals surface area contributed by atoms with E-state index in [1.807, 2.05) is 0 Å². The van der Waals surface area contributed by atoms with E-state index < -0.39 is 17.6 Å². The summed E-state index contributed by atoms with van der Waals surface area (Å²) in [4.78, 5) is 13.1. The fourth-order valence-corrected chi connectivity index (χ4v) is 1.65. The summed E-state index contributed by atoms with van der Waals surface area (Å²) in [5.74, 6) is -1.88. The molecule has 1 amide bonds. The Hall–Kier alpha value is -1.49. The molecule has 3 nitrogen and oxygen atoms in total. The van der Waals surface area contributed by atoms with Gasteiger partial charge in [0.1, 0.15) is 11.6 Å². The summed E-state index contributed by atoms with van der Waals surface area (Å²) in [5.41, 5.74) is 5.94. The lowest BCUT2D eigenvalue weighted by molar-refractivity contribution is -0.132. The number of hydrogen-bond acceptors (Lipinski definition) is 2. The van der Waals surface area contributed by atoms with Gasteiger partial charge in [0, 0.05) is 26.7 Å². The summed E-state index contributed by atoms with van der Waals surface area (Å²) in [6.07, 6.45) is 0.238. The van der Waals surface area contributed by atoms with Gasteiger partial charge in [-0.2, -0.15) is 0 Å². The molecule has 0 radical (unpaired) electrons. The van der Waals surface area contributed by atoms with Crippen LogP contribution in [0.4, 0.5) is 8.78 Å². The molecule has 0 aliphatic carbocycles. The summed E-state index contributed by atoms with van der Waals surface area (Å²) in [7, 11) is 3.24. The Morgan fingerprint density at radius 1 is 1.29 bits per heavy atom. The number of halogens is 2. The zero-order valence-corrected chi connectivity index (χ0v) is 9.91. The molecule has 0 saturated heterocycles. The van der Waals surface area contributed by atoms with Crippen molar-refractivity contribution >= 4 is 5.91 Å². The molecular formula is C12H16F2N2O. The van der Waals surface area contributed by atoms with Gasteiger partial charge in [-0.25, -0.2) is 8.78 Å². The Morgan fingerprint density at radius 2 is 1.82 bits per heavy atom. The van der Waals surface area contributed by atoms with E-state index in [1.54, 1.807) is 14.1 Å². The van der Waals surface area contributed by atoms with Gasteiger partial charge in [-0.3, -0.25) is 4.79 Å². The number of rotatable bonds is 4. The molecule has 1 aromatic rings. The summed E-state index contributed by atoms with van der Waals surface area (Å²) in [5, 5.41) is 0. The van der Waals surface area contributed by atoms with Gasteiger partial charge in [0.25, 0.3) is 0 Å². The van der Waals surface area contributed by atoms with Crippen LogP contribution >= 0.6 is 0 Å². The standard InChI is InChI=1S/C12H16F2N2O/c1-16(2)12(17)9(7-15)3-8-4-10(13)6-11(14)5-8/h4-6,9H,3,7,15H2,1-2H3. The summed E-state index contributed by atoms with van der Waals surface area (Å²) in [6.45, 7) is 0.148. The van der Waals surface area contributed by atoms with E-state index in [-0.39, 0.29) is 18.9 Å².